The van der Waals surface area contributed by atoms with Crippen LogP contribution in [0.25, 0.3) is 0 Å². The monoisotopic (exact) mass is 406 g/mol. The molecule has 0 saturated carbocycles. The predicted octanol–water partition coefficient (Wildman–Crippen LogP) is 2.35. The quantitative estimate of drug-likeness (QED) is 0.646. The molecule has 0 bridgehead atoms. The molecule has 0 saturated heterocycles. The number of aryl methyl sites for hydroxylation is 1. The van der Waals surface area contributed by atoms with Gasteiger partial charge in [0.1, 0.15) is 24.1 Å². The Morgan fingerprint density at radius 3 is 2.18 bits per heavy atom. The van der Waals surface area contributed by atoms with E-state index >= 15 is 0 Å². The van der Waals surface area contributed by atoms with Crippen molar-refractivity contribution >= 4 is 21.6 Å². The van der Waals surface area contributed by atoms with E-state index in [1.165, 1.54) is 7.11 Å². The van der Waals surface area contributed by atoms with Crippen LogP contribution in [0.3, 0.4) is 0 Å². The van der Waals surface area contributed by atoms with Gasteiger partial charge in [-0.1, -0.05) is 17.7 Å². The van der Waals surface area contributed by atoms with Gasteiger partial charge in [0.05, 0.1) is 25.6 Å². The highest BCUT2D eigenvalue weighted by Crippen LogP contribution is 2.23. The number of rotatable bonds is 9. The van der Waals surface area contributed by atoms with E-state index < -0.39 is 22.0 Å². The first kappa shape index (κ1) is 21.6. The summed E-state index contributed by atoms with van der Waals surface area (Å²) in [4.78, 5) is 12.5. The first-order valence-corrected chi connectivity index (χ1v) is 10.7. The molecule has 0 spiro atoms. The van der Waals surface area contributed by atoms with Crippen LogP contribution in [0.4, 0.5) is 5.69 Å². The highest BCUT2D eigenvalue weighted by molar-refractivity contribution is 7.92. The molecule has 28 heavy (non-hydrogen) atoms. The Bertz CT molecular complexity index is 880. The van der Waals surface area contributed by atoms with Gasteiger partial charge in [0.25, 0.3) is 0 Å². The first-order valence-electron chi connectivity index (χ1n) is 8.83. The zero-order chi connectivity index (χ0) is 20.7. The third-order valence-corrected chi connectivity index (χ3v) is 5.35. The molecule has 0 aliphatic carbocycles. The van der Waals surface area contributed by atoms with Crippen LogP contribution >= 0.6 is 0 Å². The molecule has 1 N–H and O–H groups in total. The average Bonchev–Trinajstić information content (AvgIpc) is 2.66. The number of nitrogens with zero attached hydrogens (tertiary/aromatic N) is 1. The third kappa shape index (κ3) is 5.88. The van der Waals surface area contributed by atoms with Crippen molar-refractivity contribution in [2.45, 2.75) is 19.9 Å². The summed E-state index contributed by atoms with van der Waals surface area (Å²) in [5.41, 5.74) is 1.52. The van der Waals surface area contributed by atoms with Gasteiger partial charge >= 0.3 is 0 Å². The van der Waals surface area contributed by atoms with Crippen molar-refractivity contribution in [3.63, 3.8) is 0 Å². The largest absolute Gasteiger partial charge is 0.497 e. The minimum Gasteiger partial charge on any atom is -0.497 e. The fourth-order valence-electron chi connectivity index (χ4n) is 2.66. The zero-order valence-electron chi connectivity index (χ0n) is 16.5. The molecule has 1 atom stereocenters. The van der Waals surface area contributed by atoms with Crippen molar-refractivity contribution in [3.8, 4) is 11.5 Å². The summed E-state index contributed by atoms with van der Waals surface area (Å²) in [6.45, 7) is 4.07. The van der Waals surface area contributed by atoms with Crippen LogP contribution in [0.15, 0.2) is 48.5 Å². The Morgan fingerprint density at radius 1 is 1.07 bits per heavy atom. The molecule has 0 heterocycles. The Labute approximate surface area is 166 Å². The number of amides is 1. The summed E-state index contributed by atoms with van der Waals surface area (Å²) in [5, 5.41) is 2.71. The Kier molecular flexibility index (Phi) is 7.28. The van der Waals surface area contributed by atoms with Crippen LogP contribution in [0.5, 0.6) is 11.5 Å². The molecule has 152 valence electrons. The maximum absolute atomic E-state index is 12.5. The van der Waals surface area contributed by atoms with Crippen molar-refractivity contribution in [3.05, 3.63) is 54.1 Å². The summed E-state index contributed by atoms with van der Waals surface area (Å²) in [5.74, 6) is 0.903. The maximum Gasteiger partial charge on any atom is 0.243 e. The summed E-state index contributed by atoms with van der Waals surface area (Å²) < 4.78 is 36.3. The van der Waals surface area contributed by atoms with Crippen molar-refractivity contribution in [2.24, 2.45) is 0 Å². The number of benzene rings is 2. The van der Waals surface area contributed by atoms with Gasteiger partial charge in [-0.3, -0.25) is 9.10 Å². The van der Waals surface area contributed by atoms with Crippen LogP contribution in [-0.4, -0.2) is 46.9 Å². The van der Waals surface area contributed by atoms with Crippen molar-refractivity contribution in [1.29, 1.82) is 0 Å². The van der Waals surface area contributed by atoms with Gasteiger partial charge in [-0.15, -0.1) is 0 Å². The van der Waals surface area contributed by atoms with Crippen LogP contribution in [0.2, 0.25) is 0 Å². The molecule has 2 aromatic carbocycles. The van der Waals surface area contributed by atoms with E-state index in [2.05, 4.69) is 5.32 Å². The molecule has 2 rings (SSSR count). The lowest BCUT2D eigenvalue weighted by Gasteiger charge is -2.28. The number of methoxy groups -OCH3 is 1. The average molecular weight is 407 g/mol. The summed E-state index contributed by atoms with van der Waals surface area (Å²) in [7, 11) is -2.13. The lowest BCUT2D eigenvalue weighted by Crippen LogP contribution is -2.48. The summed E-state index contributed by atoms with van der Waals surface area (Å²) >= 11 is 0. The topological polar surface area (TPSA) is 84.9 Å². The lowest BCUT2D eigenvalue weighted by atomic mass is 10.2. The van der Waals surface area contributed by atoms with Gasteiger partial charge in [-0.05, 0) is 50.2 Å². The number of anilines is 1. The van der Waals surface area contributed by atoms with Crippen molar-refractivity contribution in [2.75, 3.05) is 30.8 Å². The number of carbonyl (C=O) groups excluding carboxylic acids is 1. The molecule has 0 aliphatic heterocycles. The van der Waals surface area contributed by atoms with E-state index in [9.17, 15) is 13.2 Å². The SMILES string of the molecule is COc1ccc(N(C(C)C(=O)NCCOc2ccc(C)cc2)S(C)(=O)=O)cc1. The van der Waals surface area contributed by atoms with Gasteiger partial charge in [-0.2, -0.15) is 0 Å². The number of ether oxygens (including phenoxy) is 2. The van der Waals surface area contributed by atoms with Gasteiger partial charge in [0, 0.05) is 0 Å². The number of hydrogen-bond acceptors (Lipinski definition) is 5. The Hall–Kier alpha value is -2.74. The molecule has 1 unspecified atom stereocenters. The second kappa shape index (κ2) is 9.45. The van der Waals surface area contributed by atoms with Gasteiger partial charge < -0.3 is 14.8 Å². The first-order chi connectivity index (χ1) is 13.2. The van der Waals surface area contributed by atoms with Gasteiger partial charge in [-0.25, -0.2) is 8.42 Å². The molecular formula is C20H26N2O5S. The summed E-state index contributed by atoms with van der Waals surface area (Å²) in [6.07, 6.45) is 1.07. The normalized spacial score (nSPS) is 12.1. The molecule has 7 nitrogen and oxygen atoms in total. The lowest BCUT2D eigenvalue weighted by molar-refractivity contribution is -0.121. The van der Waals surface area contributed by atoms with E-state index in [1.54, 1.807) is 31.2 Å². The molecule has 0 aromatic heterocycles. The van der Waals surface area contributed by atoms with Gasteiger partial charge in [0.15, 0.2) is 0 Å². The fraction of sp³-hybridized carbons (Fsp3) is 0.350. The van der Waals surface area contributed by atoms with E-state index in [0.29, 0.717) is 17.2 Å². The van der Waals surface area contributed by atoms with Gasteiger partial charge in [0.2, 0.25) is 15.9 Å². The number of nitrogens with one attached hydrogen (secondary N) is 1. The second-order valence-electron chi connectivity index (χ2n) is 6.39. The van der Waals surface area contributed by atoms with E-state index in [4.69, 9.17) is 9.47 Å². The standard InChI is InChI=1S/C20H26N2O5S/c1-15-5-9-19(10-6-15)27-14-13-21-20(23)16(2)22(28(4,24)25)17-7-11-18(26-3)12-8-17/h5-12,16H,13-14H2,1-4H3,(H,21,23). The number of hydrogen-bond donors (Lipinski definition) is 1. The van der Waals surface area contributed by atoms with Crippen LogP contribution < -0.4 is 19.1 Å². The van der Waals surface area contributed by atoms with Crippen molar-refractivity contribution < 1.29 is 22.7 Å². The molecule has 1 amide bonds. The number of sulfonamides is 1. The minimum atomic E-state index is -3.66. The highest BCUT2D eigenvalue weighted by Gasteiger charge is 2.28. The molecule has 8 heteroatoms. The van der Waals surface area contributed by atoms with Crippen LogP contribution in [-0.2, 0) is 14.8 Å². The predicted molar refractivity (Wildman–Crippen MR) is 109 cm³/mol. The van der Waals surface area contributed by atoms with E-state index in [1.807, 2.05) is 31.2 Å². The van der Waals surface area contributed by atoms with Crippen LogP contribution in [0, 0.1) is 6.92 Å². The van der Waals surface area contributed by atoms with E-state index in [0.717, 1.165) is 16.1 Å². The second-order valence-corrected chi connectivity index (χ2v) is 8.24. The third-order valence-electron chi connectivity index (χ3n) is 4.11. The molecule has 0 radical (unpaired) electrons. The molecular weight excluding hydrogens is 380 g/mol. The fourth-order valence-corrected chi connectivity index (χ4v) is 3.84. The van der Waals surface area contributed by atoms with E-state index in [-0.39, 0.29) is 13.2 Å². The molecule has 0 fully saturated rings. The van der Waals surface area contributed by atoms with Crippen molar-refractivity contribution in [1.82, 2.24) is 5.32 Å². The molecule has 0 aliphatic rings. The highest BCUT2D eigenvalue weighted by atomic mass is 32.2. The molecule has 2 aromatic rings. The summed E-state index contributed by atoms with van der Waals surface area (Å²) in [6, 6.07) is 13.2. The smallest absolute Gasteiger partial charge is 0.243 e. The maximum atomic E-state index is 12.5. The number of carbonyl (C=O) groups is 1. The van der Waals surface area contributed by atoms with Crippen LogP contribution in [0.1, 0.15) is 12.5 Å². The Balaban J connectivity index is 1.97. The Morgan fingerprint density at radius 2 is 1.64 bits per heavy atom. The minimum absolute atomic E-state index is 0.261. The zero-order valence-corrected chi connectivity index (χ0v) is 17.3.